The van der Waals surface area contributed by atoms with Gasteiger partial charge in [0.25, 0.3) is 0 Å². The van der Waals surface area contributed by atoms with Gasteiger partial charge in [-0.05, 0) is 0 Å². The number of hydrogen-bond donors (Lipinski definition) is 6. The minimum absolute atomic E-state index is 0.100. The second-order valence-electron chi connectivity index (χ2n) is 6.35. The molecule has 3 heterocycles. The molecule has 0 aliphatic carbocycles. The molecule has 14 nitrogen and oxygen atoms in total. The number of rotatable bonds is 7. The van der Waals surface area contributed by atoms with E-state index in [-0.39, 0.29) is 29.9 Å². The number of phosphoric acid groups is 1. The number of aliphatic hydroxyl groups is 2. The van der Waals surface area contributed by atoms with Gasteiger partial charge < -0.3 is 35.8 Å². The highest BCUT2D eigenvalue weighted by Crippen LogP contribution is 2.42. The monoisotopic (exact) mass is 432 g/mol. The number of fused-ring (bicyclic) bond motifs is 1. The van der Waals surface area contributed by atoms with E-state index in [4.69, 9.17) is 15.0 Å². The molecule has 2 aromatic heterocycles. The van der Waals surface area contributed by atoms with Gasteiger partial charge in [0.15, 0.2) is 17.7 Å². The molecule has 3 rings (SSSR count). The summed E-state index contributed by atoms with van der Waals surface area (Å²) >= 11 is 0. The summed E-state index contributed by atoms with van der Waals surface area (Å²) < 4.78 is 23.0. The number of nitrogens with two attached hydrogens (primary N) is 1. The molecule has 0 radical (unpaired) electrons. The number of aliphatic hydroxyl groups excluding tert-OH is 2. The fourth-order valence-electron chi connectivity index (χ4n) is 3.01. The lowest BCUT2D eigenvalue weighted by Gasteiger charge is -2.26. The maximum absolute atomic E-state index is 11.5. The van der Waals surface area contributed by atoms with Gasteiger partial charge in [0, 0.05) is 13.0 Å². The summed E-state index contributed by atoms with van der Waals surface area (Å²) in [5.74, 6) is -0.301. The van der Waals surface area contributed by atoms with Gasteiger partial charge in [0.2, 0.25) is 5.91 Å². The number of phosphoric ester groups is 1. The molecule has 7 N–H and O–H groups in total. The smallest absolute Gasteiger partial charge is 0.387 e. The highest BCUT2D eigenvalue weighted by Gasteiger charge is 2.49. The first-order chi connectivity index (χ1) is 13.6. The molecule has 0 aromatic carbocycles. The molecular formula is C14H21N6O8P. The average molecular weight is 432 g/mol. The minimum Gasteiger partial charge on any atom is -0.387 e. The van der Waals surface area contributed by atoms with Gasteiger partial charge in [-0.25, -0.2) is 19.5 Å². The van der Waals surface area contributed by atoms with E-state index in [2.05, 4.69) is 20.3 Å². The maximum Gasteiger partial charge on any atom is 0.470 e. The van der Waals surface area contributed by atoms with Crippen LogP contribution in [0.3, 0.4) is 0 Å². The summed E-state index contributed by atoms with van der Waals surface area (Å²) in [7, 11) is -4.99. The molecule has 0 bridgehead atoms. The number of hydrogen-bond acceptors (Lipinski definition) is 10. The van der Waals surface area contributed by atoms with E-state index in [1.807, 2.05) is 0 Å². The third-order valence-electron chi connectivity index (χ3n) is 4.40. The first-order valence-electron chi connectivity index (χ1n) is 8.57. The Kier molecular flexibility index (Phi) is 6.14. The molecule has 160 valence electrons. The summed E-state index contributed by atoms with van der Waals surface area (Å²) in [5.41, 5.74) is 6.20. The average Bonchev–Trinajstić information content (AvgIpc) is 3.20. The van der Waals surface area contributed by atoms with Crippen LogP contribution in [0.2, 0.25) is 0 Å². The number of nitrogens with one attached hydrogen (secondary N) is 1. The van der Waals surface area contributed by atoms with Crippen LogP contribution in [-0.2, 0) is 18.6 Å². The van der Waals surface area contributed by atoms with Gasteiger partial charge in [0.05, 0.1) is 6.33 Å². The molecule has 1 aliphatic heterocycles. The molecule has 1 aliphatic rings. The molecule has 1 fully saturated rings. The number of amides is 1. The Morgan fingerprint density at radius 3 is 2.76 bits per heavy atom. The van der Waals surface area contributed by atoms with E-state index in [1.54, 1.807) is 6.92 Å². The normalized spacial score (nSPS) is 26.0. The molecule has 0 unspecified atom stereocenters. The van der Waals surface area contributed by atoms with Gasteiger partial charge in [-0.1, -0.05) is 6.92 Å². The zero-order valence-electron chi connectivity index (χ0n) is 15.2. The Bertz CT molecular complexity index is 934. The third-order valence-corrected chi connectivity index (χ3v) is 4.94. The summed E-state index contributed by atoms with van der Waals surface area (Å²) in [5, 5.41) is 23.3. The van der Waals surface area contributed by atoms with Crippen molar-refractivity contribution in [2.75, 3.05) is 12.3 Å². The van der Waals surface area contributed by atoms with Crippen LogP contribution in [0.4, 0.5) is 5.82 Å². The number of imidazole rings is 1. The Morgan fingerprint density at radius 1 is 1.38 bits per heavy atom. The molecule has 2 aromatic rings. The molecule has 29 heavy (non-hydrogen) atoms. The Balaban J connectivity index is 1.87. The van der Waals surface area contributed by atoms with E-state index < -0.39 is 44.4 Å². The first-order valence-corrected chi connectivity index (χ1v) is 10.1. The van der Waals surface area contributed by atoms with Crippen LogP contribution in [0.5, 0.6) is 0 Å². The number of ether oxygens (including phenoxy) is 1. The van der Waals surface area contributed by atoms with Gasteiger partial charge in [-0.3, -0.25) is 13.9 Å². The summed E-state index contributed by atoms with van der Waals surface area (Å²) in [6.07, 6.45) is -4.55. The third kappa shape index (κ3) is 4.53. The van der Waals surface area contributed by atoms with Crippen LogP contribution < -0.4 is 11.1 Å². The van der Waals surface area contributed by atoms with Crippen LogP contribution in [0.1, 0.15) is 19.6 Å². The van der Waals surface area contributed by atoms with Crippen LogP contribution in [-0.4, -0.2) is 76.4 Å². The van der Waals surface area contributed by atoms with Crippen LogP contribution in [0.15, 0.2) is 12.7 Å². The van der Waals surface area contributed by atoms with Crippen molar-refractivity contribution in [2.24, 2.45) is 0 Å². The second kappa shape index (κ2) is 8.28. The van der Waals surface area contributed by atoms with Crippen molar-refractivity contribution in [1.82, 2.24) is 24.8 Å². The quantitative estimate of drug-likeness (QED) is 0.263. The summed E-state index contributed by atoms with van der Waals surface area (Å²) in [6.45, 7) is 1.23. The largest absolute Gasteiger partial charge is 0.470 e. The predicted molar refractivity (Wildman–Crippen MR) is 95.9 cm³/mol. The second-order valence-corrected chi connectivity index (χ2v) is 7.54. The number of anilines is 1. The molecule has 1 amide bonds. The Labute approximate surface area is 163 Å². The van der Waals surface area contributed by atoms with Crippen molar-refractivity contribution in [2.45, 2.75) is 44.0 Å². The Morgan fingerprint density at radius 2 is 2.10 bits per heavy atom. The fraction of sp³-hybridized carbons (Fsp3) is 0.571. The van der Waals surface area contributed by atoms with Crippen molar-refractivity contribution < 1.29 is 38.6 Å². The van der Waals surface area contributed by atoms with E-state index in [1.165, 1.54) is 17.2 Å². The van der Waals surface area contributed by atoms with E-state index in [0.717, 1.165) is 0 Å². The Hall–Kier alpha value is -2.19. The number of carbonyl (C=O) groups excluding carboxylic acids is 1. The zero-order chi connectivity index (χ0) is 21.3. The lowest BCUT2D eigenvalue weighted by atomic mass is 10.1. The van der Waals surface area contributed by atoms with E-state index in [0.29, 0.717) is 0 Å². The number of nitrogen functional groups attached to an aromatic ring is 1. The predicted octanol–water partition coefficient (Wildman–Crippen LogP) is -1.97. The minimum atomic E-state index is -4.99. The summed E-state index contributed by atoms with van der Waals surface area (Å²) in [6, 6.07) is 0. The van der Waals surface area contributed by atoms with E-state index in [9.17, 15) is 29.4 Å². The van der Waals surface area contributed by atoms with Gasteiger partial charge in [-0.15, -0.1) is 0 Å². The molecule has 5 atom stereocenters. The van der Waals surface area contributed by atoms with Gasteiger partial charge in [-0.2, -0.15) is 0 Å². The molecule has 15 heteroatoms. The maximum atomic E-state index is 11.5. The SMILES string of the molecule is CCC(=O)NC[C@@H](OP(=O)(O)O)[C@H]1O[C@@H](n2cnc3c(N)ncnc32)[C@H](O)[C@@H]1O. The molecule has 0 saturated carbocycles. The standard InChI is InChI=1S/C14H21N6O8P/c1-2-7(21)16-3-6(28-29(24,25)26)11-9(22)10(23)14(27-11)20-5-19-8-12(15)17-4-18-13(8)20/h4-6,9-11,14,22-23H,2-3H2,1H3,(H,16,21)(H2,15,17,18)(H2,24,25,26)/t6-,9+,10-,11-,14-/m1/s1. The highest BCUT2D eigenvalue weighted by atomic mass is 31.2. The van der Waals surface area contributed by atoms with Crippen molar-refractivity contribution in [3.63, 3.8) is 0 Å². The molecule has 0 spiro atoms. The fourth-order valence-corrected chi connectivity index (χ4v) is 3.56. The molecular weight excluding hydrogens is 411 g/mol. The van der Waals surface area contributed by atoms with Crippen LogP contribution in [0.25, 0.3) is 11.2 Å². The van der Waals surface area contributed by atoms with Crippen LogP contribution in [0, 0.1) is 0 Å². The van der Waals surface area contributed by atoms with Gasteiger partial charge in [0.1, 0.15) is 36.3 Å². The van der Waals surface area contributed by atoms with Crippen molar-refractivity contribution in [3.05, 3.63) is 12.7 Å². The lowest BCUT2D eigenvalue weighted by Crippen LogP contribution is -2.46. The van der Waals surface area contributed by atoms with Crippen molar-refractivity contribution >= 4 is 30.7 Å². The number of nitrogens with zero attached hydrogens (tertiary/aromatic N) is 4. The van der Waals surface area contributed by atoms with E-state index >= 15 is 0 Å². The number of carbonyl (C=O) groups is 1. The topological polar surface area (TPSA) is 215 Å². The van der Waals surface area contributed by atoms with Gasteiger partial charge >= 0.3 is 7.82 Å². The molecule has 1 saturated heterocycles. The zero-order valence-corrected chi connectivity index (χ0v) is 16.1. The lowest BCUT2D eigenvalue weighted by molar-refractivity contribution is -0.122. The highest BCUT2D eigenvalue weighted by molar-refractivity contribution is 7.46. The number of aromatic nitrogens is 4. The first kappa shape index (κ1) is 21.5. The summed E-state index contributed by atoms with van der Waals surface area (Å²) in [4.78, 5) is 41.8. The van der Waals surface area contributed by atoms with Crippen LogP contribution >= 0.6 is 7.82 Å². The van der Waals surface area contributed by atoms with Crippen molar-refractivity contribution in [3.8, 4) is 0 Å². The van der Waals surface area contributed by atoms with Crippen molar-refractivity contribution in [1.29, 1.82) is 0 Å².